The fourth-order valence-corrected chi connectivity index (χ4v) is 2.85. The van der Waals surface area contributed by atoms with E-state index in [1.54, 1.807) is 0 Å². The number of hydrogen-bond donors (Lipinski definition) is 1. The largest absolute Gasteiger partial charge is 0.494 e. The normalized spacial score (nSPS) is 15.3. The van der Waals surface area contributed by atoms with Gasteiger partial charge in [-0.3, -0.25) is 5.32 Å². The van der Waals surface area contributed by atoms with E-state index in [1.165, 1.54) is 12.8 Å². The van der Waals surface area contributed by atoms with Gasteiger partial charge < -0.3 is 14.4 Å². The first kappa shape index (κ1) is 21.6. The number of unbranched alkanes of at least 4 members (excludes halogenated alkanes) is 2. The maximum Gasteiger partial charge on any atom is 0.411 e. The number of ether oxygens (including phenoxy) is 2. The van der Waals surface area contributed by atoms with E-state index >= 15 is 0 Å². The summed E-state index contributed by atoms with van der Waals surface area (Å²) in [5.41, 5.74) is 0.707. The van der Waals surface area contributed by atoms with Crippen molar-refractivity contribution in [2.75, 3.05) is 31.6 Å². The van der Waals surface area contributed by atoms with Gasteiger partial charge in [-0.1, -0.05) is 32.8 Å². The molecule has 0 unspecified atom stereocenters. The summed E-state index contributed by atoms with van der Waals surface area (Å²) in [5, 5.41) is 2.80. The zero-order valence-corrected chi connectivity index (χ0v) is 16.1. The van der Waals surface area contributed by atoms with Gasteiger partial charge in [0.05, 0.1) is 6.61 Å². The van der Waals surface area contributed by atoms with Crippen LogP contribution in [0.2, 0.25) is 0 Å². The number of likely N-dealkylation sites (tertiary alicyclic amines) is 1. The van der Waals surface area contributed by atoms with E-state index in [4.69, 9.17) is 9.47 Å². The molecule has 1 heterocycles. The zero-order valence-electron chi connectivity index (χ0n) is 15.3. The van der Waals surface area contributed by atoms with Crippen LogP contribution in [0.4, 0.5) is 10.5 Å². The summed E-state index contributed by atoms with van der Waals surface area (Å²) in [5.74, 6) is 0.778. The Bertz CT molecular complexity index is 505. The predicted molar refractivity (Wildman–Crippen MR) is 104 cm³/mol. The van der Waals surface area contributed by atoms with Crippen molar-refractivity contribution in [1.29, 1.82) is 0 Å². The minimum absolute atomic E-state index is 0. The summed E-state index contributed by atoms with van der Waals surface area (Å²) >= 11 is 0. The molecule has 2 rings (SSSR count). The third-order valence-electron chi connectivity index (χ3n) is 4.35. The molecular formula is C19H31ClN2O3. The molecule has 1 fully saturated rings. The number of hydrogen-bond acceptors (Lipinski definition) is 4. The fourth-order valence-electron chi connectivity index (χ4n) is 2.85. The highest BCUT2D eigenvalue weighted by Crippen LogP contribution is 2.19. The predicted octanol–water partition coefficient (Wildman–Crippen LogP) is 4.71. The molecule has 1 N–H and O–H groups in total. The van der Waals surface area contributed by atoms with Crippen LogP contribution in [0.25, 0.3) is 0 Å². The van der Waals surface area contributed by atoms with Crippen LogP contribution >= 0.6 is 12.4 Å². The number of benzene rings is 1. The molecule has 142 valence electrons. The lowest BCUT2D eigenvalue weighted by molar-refractivity contribution is 0.0606. The molecular weight excluding hydrogens is 340 g/mol. The van der Waals surface area contributed by atoms with Gasteiger partial charge in [-0.25, -0.2) is 4.79 Å². The van der Waals surface area contributed by atoms with Gasteiger partial charge in [-0.05, 0) is 37.9 Å². The second kappa shape index (κ2) is 12.0. The van der Waals surface area contributed by atoms with Crippen molar-refractivity contribution < 1.29 is 14.3 Å². The maximum atomic E-state index is 12.1. The van der Waals surface area contributed by atoms with Gasteiger partial charge in [0.15, 0.2) is 0 Å². The van der Waals surface area contributed by atoms with Gasteiger partial charge in [-0.2, -0.15) is 0 Å². The van der Waals surface area contributed by atoms with Crippen LogP contribution in [-0.2, 0) is 4.74 Å². The Kier molecular flexibility index (Phi) is 10.3. The molecule has 6 heteroatoms. The van der Waals surface area contributed by atoms with Crippen molar-refractivity contribution >= 4 is 24.2 Å². The molecule has 0 spiro atoms. The molecule has 1 aromatic rings. The summed E-state index contributed by atoms with van der Waals surface area (Å²) in [6, 6.07) is 7.47. The minimum atomic E-state index is -0.381. The van der Waals surface area contributed by atoms with Crippen molar-refractivity contribution in [3.8, 4) is 5.75 Å². The van der Waals surface area contributed by atoms with Crippen LogP contribution < -0.4 is 10.1 Å². The summed E-state index contributed by atoms with van der Waals surface area (Å²) in [6.07, 6.45) is 4.83. The Morgan fingerprint density at radius 2 is 2.00 bits per heavy atom. The number of nitrogens with one attached hydrogen (secondary N) is 1. The Balaban J connectivity index is 0.00000312. The SMILES string of the molecule is CCCCCOc1cccc(NC(=O)OC2CCN(CC)CC2)c1.Cl. The first-order chi connectivity index (χ1) is 11.7. The molecule has 25 heavy (non-hydrogen) atoms. The summed E-state index contributed by atoms with van der Waals surface area (Å²) in [6.45, 7) is 8.08. The maximum absolute atomic E-state index is 12.1. The Labute approximate surface area is 157 Å². The second-order valence-electron chi connectivity index (χ2n) is 6.25. The van der Waals surface area contributed by atoms with Gasteiger partial charge in [0.2, 0.25) is 0 Å². The lowest BCUT2D eigenvalue weighted by Crippen LogP contribution is -2.38. The molecule has 5 nitrogen and oxygen atoms in total. The topological polar surface area (TPSA) is 50.8 Å². The molecule has 1 saturated heterocycles. The van der Waals surface area contributed by atoms with Crippen LogP contribution in [0, 0.1) is 0 Å². The van der Waals surface area contributed by atoms with Crippen molar-refractivity contribution in [2.24, 2.45) is 0 Å². The molecule has 0 atom stereocenters. The molecule has 1 aromatic carbocycles. The number of anilines is 1. The van der Waals surface area contributed by atoms with Crippen LogP contribution in [-0.4, -0.2) is 43.3 Å². The van der Waals surface area contributed by atoms with Gasteiger partial charge in [-0.15, -0.1) is 12.4 Å². The third-order valence-corrected chi connectivity index (χ3v) is 4.35. The Morgan fingerprint density at radius 3 is 2.68 bits per heavy atom. The highest BCUT2D eigenvalue weighted by atomic mass is 35.5. The van der Waals surface area contributed by atoms with Crippen LogP contribution in [0.15, 0.2) is 24.3 Å². The Hall–Kier alpha value is -1.46. The van der Waals surface area contributed by atoms with Gasteiger partial charge in [0.1, 0.15) is 11.9 Å². The zero-order chi connectivity index (χ0) is 17.2. The van der Waals surface area contributed by atoms with E-state index < -0.39 is 0 Å². The molecule has 1 aliphatic heterocycles. The first-order valence-electron chi connectivity index (χ1n) is 9.14. The van der Waals surface area contributed by atoms with Gasteiger partial charge in [0.25, 0.3) is 0 Å². The van der Waals surface area contributed by atoms with E-state index in [2.05, 4.69) is 24.1 Å². The smallest absolute Gasteiger partial charge is 0.411 e. The minimum Gasteiger partial charge on any atom is -0.494 e. The van der Waals surface area contributed by atoms with Crippen molar-refractivity contribution in [2.45, 2.75) is 52.1 Å². The van der Waals surface area contributed by atoms with Crippen molar-refractivity contribution in [1.82, 2.24) is 4.90 Å². The van der Waals surface area contributed by atoms with E-state index in [9.17, 15) is 4.79 Å². The number of piperidine rings is 1. The van der Waals surface area contributed by atoms with Gasteiger partial charge in [0, 0.05) is 24.8 Å². The van der Waals surface area contributed by atoms with E-state index in [1.807, 2.05) is 24.3 Å². The lowest BCUT2D eigenvalue weighted by Gasteiger charge is -2.30. The number of carbonyl (C=O) groups is 1. The van der Waals surface area contributed by atoms with Crippen LogP contribution in [0.1, 0.15) is 46.0 Å². The number of halogens is 1. The Morgan fingerprint density at radius 1 is 1.24 bits per heavy atom. The van der Waals surface area contributed by atoms with Crippen molar-refractivity contribution in [3.63, 3.8) is 0 Å². The highest BCUT2D eigenvalue weighted by molar-refractivity contribution is 5.85. The number of carbonyl (C=O) groups excluding carboxylic acids is 1. The lowest BCUT2D eigenvalue weighted by atomic mass is 10.1. The first-order valence-corrected chi connectivity index (χ1v) is 9.14. The monoisotopic (exact) mass is 370 g/mol. The van der Waals surface area contributed by atoms with E-state index in [-0.39, 0.29) is 24.6 Å². The highest BCUT2D eigenvalue weighted by Gasteiger charge is 2.21. The standard InChI is InChI=1S/C19H30N2O3.ClH/c1-3-5-6-14-23-18-9-7-8-16(15-18)20-19(22)24-17-10-12-21(4-2)13-11-17;/h7-9,15,17H,3-6,10-14H2,1-2H3,(H,20,22);1H. The summed E-state index contributed by atoms with van der Waals surface area (Å²) < 4.78 is 11.2. The summed E-state index contributed by atoms with van der Waals surface area (Å²) in [4.78, 5) is 14.4. The molecule has 0 aliphatic carbocycles. The third kappa shape index (κ3) is 7.97. The second-order valence-corrected chi connectivity index (χ2v) is 6.25. The fraction of sp³-hybridized carbons (Fsp3) is 0.632. The van der Waals surface area contributed by atoms with Crippen molar-refractivity contribution in [3.05, 3.63) is 24.3 Å². The average molecular weight is 371 g/mol. The average Bonchev–Trinajstić information content (AvgIpc) is 2.60. The van der Waals surface area contributed by atoms with E-state index in [0.717, 1.165) is 44.6 Å². The van der Waals surface area contributed by atoms with Crippen LogP contribution in [0.5, 0.6) is 5.75 Å². The number of rotatable bonds is 8. The van der Waals surface area contributed by atoms with E-state index in [0.29, 0.717) is 12.3 Å². The molecule has 0 saturated carbocycles. The molecule has 0 radical (unpaired) electrons. The molecule has 1 amide bonds. The number of amides is 1. The molecule has 0 bridgehead atoms. The van der Waals surface area contributed by atoms with Gasteiger partial charge >= 0.3 is 6.09 Å². The molecule has 1 aliphatic rings. The molecule has 0 aromatic heterocycles. The quantitative estimate of drug-likeness (QED) is 0.673. The van der Waals surface area contributed by atoms with Crippen LogP contribution in [0.3, 0.4) is 0 Å². The number of nitrogens with zero attached hydrogens (tertiary/aromatic N) is 1. The summed E-state index contributed by atoms with van der Waals surface area (Å²) in [7, 11) is 0.